The van der Waals surface area contributed by atoms with Crippen LogP contribution in [-0.4, -0.2) is 25.9 Å². The third-order valence-electron chi connectivity index (χ3n) is 1.71. The number of ether oxygens (including phenoxy) is 2. The molecule has 1 rings (SSSR count). The highest BCUT2D eigenvalue weighted by Crippen LogP contribution is 2.16. The first-order valence-electron chi connectivity index (χ1n) is 6.36. The molecule has 4 nitrogen and oxygen atoms in total. The first-order valence-corrected chi connectivity index (χ1v) is 5.36. The first-order chi connectivity index (χ1) is 8.72. The van der Waals surface area contributed by atoms with Crippen molar-refractivity contribution in [3.8, 4) is 11.5 Å². The standard InChI is InChI=1S/C13H20O4/c1-13(2,3)17-16-10-9-15-12-7-5-11(14-4)6-8-12/h5-8H,9-10H2,1-4H3/i10D2. The van der Waals surface area contributed by atoms with E-state index >= 15 is 0 Å². The molecule has 0 N–H and O–H groups in total. The molecular weight excluding hydrogens is 220 g/mol. The van der Waals surface area contributed by atoms with Gasteiger partial charge in [0, 0.05) is 0 Å². The smallest absolute Gasteiger partial charge is 0.119 e. The molecule has 0 amide bonds. The molecule has 1 aromatic carbocycles. The van der Waals surface area contributed by atoms with Crippen molar-refractivity contribution >= 4 is 0 Å². The van der Waals surface area contributed by atoms with Crippen LogP contribution in [0.2, 0.25) is 0 Å². The zero-order chi connectivity index (χ0) is 14.5. The van der Waals surface area contributed by atoms with Gasteiger partial charge in [-0.25, -0.2) is 9.78 Å². The van der Waals surface area contributed by atoms with Gasteiger partial charge in [-0.05, 0) is 45.0 Å². The highest BCUT2D eigenvalue weighted by molar-refractivity contribution is 5.31. The predicted octanol–water partition coefficient (Wildman–Crippen LogP) is 2.82. The van der Waals surface area contributed by atoms with E-state index in [4.69, 9.17) is 22.0 Å². The lowest BCUT2D eigenvalue weighted by Crippen LogP contribution is -2.21. The van der Waals surface area contributed by atoms with E-state index in [1.807, 2.05) is 0 Å². The first kappa shape index (κ1) is 10.9. The average molecular weight is 242 g/mol. The van der Waals surface area contributed by atoms with Crippen LogP contribution in [-0.2, 0) is 9.78 Å². The third kappa shape index (κ3) is 6.14. The highest BCUT2D eigenvalue weighted by atomic mass is 17.2. The van der Waals surface area contributed by atoms with Crippen molar-refractivity contribution in [1.82, 2.24) is 0 Å². The topological polar surface area (TPSA) is 36.9 Å². The van der Waals surface area contributed by atoms with E-state index in [1.165, 1.54) is 0 Å². The van der Waals surface area contributed by atoms with Gasteiger partial charge in [-0.3, -0.25) is 0 Å². The Morgan fingerprint density at radius 2 is 1.71 bits per heavy atom. The van der Waals surface area contributed by atoms with Crippen molar-refractivity contribution < 1.29 is 22.0 Å². The van der Waals surface area contributed by atoms with Crippen LogP contribution in [0.4, 0.5) is 0 Å². The summed E-state index contributed by atoms with van der Waals surface area (Å²) < 4.78 is 25.5. The van der Waals surface area contributed by atoms with Crippen LogP contribution in [0, 0.1) is 0 Å². The Kier molecular flexibility index (Phi) is 4.14. The highest BCUT2D eigenvalue weighted by Gasteiger charge is 2.10. The molecule has 0 aliphatic heterocycles. The maximum atomic E-state index is 7.60. The van der Waals surface area contributed by atoms with Gasteiger partial charge in [0.1, 0.15) is 24.7 Å². The molecule has 0 heterocycles. The van der Waals surface area contributed by atoms with E-state index in [9.17, 15) is 0 Å². The lowest BCUT2D eigenvalue weighted by molar-refractivity contribution is -0.349. The summed E-state index contributed by atoms with van der Waals surface area (Å²) in [5, 5.41) is 0. The average Bonchev–Trinajstić information content (AvgIpc) is 2.34. The summed E-state index contributed by atoms with van der Waals surface area (Å²) in [7, 11) is 1.58. The van der Waals surface area contributed by atoms with Crippen LogP contribution in [0.25, 0.3) is 0 Å². The molecule has 0 aliphatic carbocycles. The second-order valence-electron chi connectivity index (χ2n) is 4.39. The van der Waals surface area contributed by atoms with E-state index < -0.39 is 12.2 Å². The Hall–Kier alpha value is -1.26. The minimum atomic E-state index is -2.02. The van der Waals surface area contributed by atoms with Gasteiger partial charge in [0.25, 0.3) is 0 Å². The summed E-state index contributed by atoms with van der Waals surface area (Å²) in [5.41, 5.74) is -0.576. The van der Waals surface area contributed by atoms with E-state index in [2.05, 4.69) is 0 Å². The molecule has 0 aliphatic rings. The molecule has 4 heteroatoms. The molecule has 17 heavy (non-hydrogen) atoms. The quantitative estimate of drug-likeness (QED) is 0.568. The Bertz CT molecular complexity index is 385. The summed E-state index contributed by atoms with van der Waals surface area (Å²) in [6.07, 6.45) is 0. The lowest BCUT2D eigenvalue weighted by atomic mass is 10.2. The van der Waals surface area contributed by atoms with Crippen molar-refractivity contribution in [3.63, 3.8) is 0 Å². The zero-order valence-corrected chi connectivity index (χ0v) is 10.6. The lowest BCUT2D eigenvalue weighted by Gasteiger charge is -2.17. The molecule has 96 valence electrons. The summed E-state index contributed by atoms with van der Waals surface area (Å²) in [6.45, 7) is 3.02. The summed E-state index contributed by atoms with van der Waals surface area (Å²) >= 11 is 0. The number of methoxy groups -OCH3 is 1. The second kappa shape index (κ2) is 6.47. The van der Waals surface area contributed by atoms with Crippen LogP contribution in [0.1, 0.15) is 23.5 Å². The fourth-order valence-electron chi connectivity index (χ4n) is 0.963. The van der Waals surface area contributed by atoms with E-state index in [0.29, 0.717) is 11.5 Å². The normalized spacial score (nSPS) is 13.9. The fraction of sp³-hybridized carbons (Fsp3) is 0.538. The Morgan fingerprint density at radius 1 is 1.12 bits per heavy atom. The molecule has 0 bridgehead atoms. The molecule has 0 radical (unpaired) electrons. The van der Waals surface area contributed by atoms with Crippen molar-refractivity contribution in [2.45, 2.75) is 26.4 Å². The van der Waals surface area contributed by atoms with Gasteiger partial charge in [0.05, 0.1) is 15.5 Å². The number of hydrogen-bond donors (Lipinski definition) is 0. The van der Waals surface area contributed by atoms with Gasteiger partial charge >= 0.3 is 0 Å². The molecule has 0 fully saturated rings. The van der Waals surface area contributed by atoms with Gasteiger partial charge in [-0.1, -0.05) is 0 Å². The molecule has 0 unspecified atom stereocenters. The molecule has 0 spiro atoms. The Labute approximate surface area is 105 Å². The third-order valence-corrected chi connectivity index (χ3v) is 1.71. The Morgan fingerprint density at radius 3 is 2.24 bits per heavy atom. The minimum absolute atomic E-state index is 0.268. The van der Waals surface area contributed by atoms with Crippen LogP contribution >= 0.6 is 0 Å². The van der Waals surface area contributed by atoms with Crippen LogP contribution in [0.5, 0.6) is 11.5 Å². The number of rotatable bonds is 6. The summed E-state index contributed by atoms with van der Waals surface area (Å²) in [5.74, 6) is 1.24. The van der Waals surface area contributed by atoms with E-state index in [0.717, 1.165) is 0 Å². The van der Waals surface area contributed by atoms with Crippen molar-refractivity contribution in [2.24, 2.45) is 0 Å². The van der Waals surface area contributed by atoms with Gasteiger partial charge in [0.2, 0.25) is 0 Å². The monoisotopic (exact) mass is 242 g/mol. The summed E-state index contributed by atoms with van der Waals surface area (Å²) in [6, 6.07) is 6.86. The predicted molar refractivity (Wildman–Crippen MR) is 65.3 cm³/mol. The van der Waals surface area contributed by atoms with Crippen molar-refractivity contribution in [3.05, 3.63) is 24.3 Å². The maximum Gasteiger partial charge on any atom is 0.119 e. The maximum absolute atomic E-state index is 7.60. The molecule has 0 saturated carbocycles. The number of benzene rings is 1. The van der Waals surface area contributed by atoms with E-state index in [1.54, 1.807) is 52.1 Å². The van der Waals surface area contributed by atoms with Gasteiger partial charge in [-0.2, -0.15) is 0 Å². The number of hydrogen-bond acceptors (Lipinski definition) is 4. The van der Waals surface area contributed by atoms with Crippen LogP contribution in [0.15, 0.2) is 24.3 Å². The molecular formula is C13H20O4. The van der Waals surface area contributed by atoms with E-state index in [-0.39, 0.29) is 6.61 Å². The van der Waals surface area contributed by atoms with Crippen LogP contribution in [0.3, 0.4) is 0 Å². The van der Waals surface area contributed by atoms with Gasteiger partial charge in [0.15, 0.2) is 0 Å². The molecule has 0 aromatic heterocycles. The SMILES string of the molecule is [2H]C([2H])(COc1ccc(OC)cc1)OOC(C)(C)C. The second-order valence-corrected chi connectivity index (χ2v) is 4.39. The summed E-state index contributed by atoms with van der Waals surface area (Å²) in [4.78, 5) is 9.69. The zero-order valence-electron chi connectivity index (χ0n) is 12.6. The van der Waals surface area contributed by atoms with Crippen molar-refractivity contribution in [1.29, 1.82) is 0 Å². The van der Waals surface area contributed by atoms with Crippen LogP contribution < -0.4 is 9.47 Å². The van der Waals surface area contributed by atoms with Gasteiger partial charge < -0.3 is 9.47 Å². The largest absolute Gasteiger partial charge is 0.497 e. The fourth-order valence-corrected chi connectivity index (χ4v) is 0.963. The minimum Gasteiger partial charge on any atom is -0.497 e. The van der Waals surface area contributed by atoms with Gasteiger partial charge in [-0.15, -0.1) is 0 Å². The Balaban J connectivity index is 2.45. The van der Waals surface area contributed by atoms with Crippen molar-refractivity contribution in [2.75, 3.05) is 20.3 Å². The molecule has 0 atom stereocenters. The molecule has 1 aromatic rings. The molecule has 0 saturated heterocycles.